The maximum absolute atomic E-state index is 13.5. The Hall–Kier alpha value is -4.85. The van der Waals surface area contributed by atoms with Gasteiger partial charge in [-0.25, -0.2) is 0 Å². The maximum atomic E-state index is 13.5. The summed E-state index contributed by atoms with van der Waals surface area (Å²) in [5.74, 6) is -0.359. The van der Waals surface area contributed by atoms with E-state index in [1.165, 1.54) is 25.1 Å². The third-order valence-corrected chi connectivity index (χ3v) is 6.61. The molecule has 3 rings (SSSR count). The number of nitrogens with one attached hydrogen (secondary N) is 2. The van der Waals surface area contributed by atoms with E-state index in [0.717, 1.165) is 6.07 Å². The van der Waals surface area contributed by atoms with E-state index in [4.69, 9.17) is 4.74 Å². The first-order chi connectivity index (χ1) is 20.5. The highest BCUT2D eigenvalue weighted by Gasteiger charge is 2.33. The first-order valence-electron chi connectivity index (χ1n) is 13.8. The molecule has 1 aliphatic carbocycles. The Balaban J connectivity index is 1.92. The zero-order chi connectivity index (χ0) is 31.4. The zero-order valence-corrected chi connectivity index (χ0v) is 24.4. The molecule has 0 saturated heterocycles. The Morgan fingerprint density at radius 3 is 2.37 bits per heavy atom. The maximum Gasteiger partial charge on any atom is 0.416 e. The average Bonchev–Trinajstić information content (AvgIpc) is 3.24. The molecule has 2 N–H and O–H groups in total. The number of ether oxygens (including phenoxy) is 1. The van der Waals surface area contributed by atoms with Crippen molar-refractivity contribution in [2.24, 2.45) is 0 Å². The van der Waals surface area contributed by atoms with Gasteiger partial charge in [0, 0.05) is 35.4 Å². The smallest absolute Gasteiger partial charge is 0.416 e. The average molecular weight is 589 g/mol. The van der Waals surface area contributed by atoms with Crippen LogP contribution in [0, 0.1) is 0 Å². The van der Waals surface area contributed by atoms with Crippen LogP contribution in [0.3, 0.4) is 0 Å². The molecular weight excluding hydrogens is 553 g/mol. The largest absolute Gasteiger partial charge is 0.456 e. The van der Waals surface area contributed by atoms with Crippen molar-refractivity contribution in [2.75, 3.05) is 0 Å². The van der Waals surface area contributed by atoms with Crippen LogP contribution in [0.4, 0.5) is 13.2 Å². The first-order valence-corrected chi connectivity index (χ1v) is 13.8. The molecule has 2 aromatic carbocycles. The number of halogens is 3. The van der Waals surface area contributed by atoms with Gasteiger partial charge in [-0.3, -0.25) is 9.59 Å². The summed E-state index contributed by atoms with van der Waals surface area (Å²) in [6.45, 7) is 8.91. The molecule has 0 unspecified atom stereocenters. The summed E-state index contributed by atoms with van der Waals surface area (Å²) in [4.78, 5) is 26.1. The van der Waals surface area contributed by atoms with Crippen LogP contribution in [-0.2, 0) is 27.0 Å². The van der Waals surface area contributed by atoms with Crippen molar-refractivity contribution in [3.8, 4) is 0 Å². The van der Waals surface area contributed by atoms with Crippen LogP contribution in [0.15, 0.2) is 132 Å². The highest BCUT2D eigenvalue weighted by molar-refractivity contribution is 5.95. The number of allylic oxidation sites excluding steroid dienone is 7. The van der Waals surface area contributed by atoms with Crippen LogP contribution in [0.2, 0.25) is 0 Å². The highest BCUT2D eigenvalue weighted by Crippen LogP contribution is 2.32. The number of carbonyl (C=O) groups is 2. The lowest BCUT2D eigenvalue weighted by Gasteiger charge is -2.17. The standard InChI is InChI=1S/C35H35F3N2O3/c1-5-7-14-26(6-2)34(42)40-30-19-13-18-28(21-22-30)32(43-25(4)27-15-9-8-10-16-27)24(3)33(41)39-23-29-17-11-12-20-31(29)35(36,37)38/h5-13,15-18,20-22H,4,14,19,23H2,1-3H3,(H,39,41)(H,40,42)/b7-5-,26-6+,32-24+. The number of alkyl halides is 3. The van der Waals surface area contributed by atoms with Gasteiger partial charge in [0.2, 0.25) is 0 Å². The number of rotatable bonds is 11. The quantitative estimate of drug-likeness (QED) is 0.158. The minimum Gasteiger partial charge on any atom is -0.456 e. The van der Waals surface area contributed by atoms with Gasteiger partial charge in [0.05, 0.1) is 11.1 Å². The predicted molar refractivity (Wildman–Crippen MR) is 164 cm³/mol. The van der Waals surface area contributed by atoms with Crippen LogP contribution in [-0.4, -0.2) is 11.8 Å². The zero-order valence-electron chi connectivity index (χ0n) is 24.4. The second kappa shape index (κ2) is 15.4. The second-order valence-electron chi connectivity index (χ2n) is 9.64. The Labute approximate surface area is 250 Å². The minimum absolute atomic E-state index is 0.0564. The molecule has 0 atom stereocenters. The van der Waals surface area contributed by atoms with E-state index >= 15 is 0 Å². The molecule has 0 aliphatic heterocycles. The Morgan fingerprint density at radius 1 is 1.00 bits per heavy atom. The molecule has 8 heteroatoms. The molecule has 224 valence electrons. The van der Waals surface area contributed by atoms with Crippen LogP contribution < -0.4 is 10.6 Å². The summed E-state index contributed by atoms with van der Waals surface area (Å²) >= 11 is 0. The monoisotopic (exact) mass is 588 g/mol. The van der Waals surface area contributed by atoms with Crippen molar-refractivity contribution < 1.29 is 27.5 Å². The number of carbonyl (C=O) groups excluding carboxylic acids is 2. The minimum atomic E-state index is -4.55. The van der Waals surface area contributed by atoms with Gasteiger partial charge in [0.15, 0.2) is 0 Å². The third-order valence-electron chi connectivity index (χ3n) is 6.61. The molecule has 2 amide bonds. The van der Waals surface area contributed by atoms with Crippen molar-refractivity contribution >= 4 is 17.6 Å². The molecule has 5 nitrogen and oxygen atoms in total. The van der Waals surface area contributed by atoms with Gasteiger partial charge < -0.3 is 15.4 Å². The van der Waals surface area contributed by atoms with Gasteiger partial charge in [-0.1, -0.05) is 85.5 Å². The molecule has 0 fully saturated rings. The summed E-state index contributed by atoms with van der Waals surface area (Å²) < 4.78 is 46.6. The van der Waals surface area contributed by atoms with E-state index in [0.29, 0.717) is 35.2 Å². The molecule has 2 aromatic rings. The van der Waals surface area contributed by atoms with Crippen molar-refractivity contribution in [1.82, 2.24) is 10.6 Å². The fourth-order valence-corrected chi connectivity index (χ4v) is 4.20. The van der Waals surface area contributed by atoms with Gasteiger partial charge in [0.1, 0.15) is 11.5 Å². The number of hydrogen-bond acceptors (Lipinski definition) is 3. The second-order valence-corrected chi connectivity index (χ2v) is 9.64. The molecule has 0 bridgehead atoms. The molecule has 0 radical (unpaired) electrons. The van der Waals surface area contributed by atoms with Gasteiger partial charge >= 0.3 is 6.18 Å². The van der Waals surface area contributed by atoms with E-state index in [2.05, 4.69) is 17.2 Å². The molecule has 0 spiro atoms. The third kappa shape index (κ3) is 9.33. The van der Waals surface area contributed by atoms with Gasteiger partial charge in [-0.2, -0.15) is 13.2 Å². The fourth-order valence-electron chi connectivity index (χ4n) is 4.20. The fraction of sp³-hybridized carbons (Fsp3) is 0.200. The SMILES string of the molecule is C=C(O/C(C1=CC=C(NC(=O)/C(=C/C)C/C=C\C)CC=C1)=C(\C)C(=O)NCc1ccccc1C(F)(F)F)c1ccccc1. The molecule has 1 aliphatic rings. The van der Waals surface area contributed by atoms with Crippen LogP contribution in [0.5, 0.6) is 0 Å². The number of amides is 2. The first kappa shape index (κ1) is 32.7. The van der Waals surface area contributed by atoms with Crippen LogP contribution in [0.1, 0.15) is 50.3 Å². The van der Waals surface area contributed by atoms with E-state index in [1.807, 2.05) is 43.4 Å². The van der Waals surface area contributed by atoms with Crippen molar-refractivity contribution in [2.45, 2.75) is 46.3 Å². The van der Waals surface area contributed by atoms with Gasteiger partial charge in [0.25, 0.3) is 11.8 Å². The molecule has 43 heavy (non-hydrogen) atoms. The van der Waals surface area contributed by atoms with Gasteiger partial charge in [-0.05, 0) is 51.0 Å². The van der Waals surface area contributed by atoms with E-state index < -0.39 is 17.6 Å². The van der Waals surface area contributed by atoms with Crippen LogP contribution in [0.25, 0.3) is 5.76 Å². The van der Waals surface area contributed by atoms with E-state index in [1.54, 1.807) is 43.4 Å². The topological polar surface area (TPSA) is 67.4 Å². The molecule has 0 aromatic heterocycles. The summed E-state index contributed by atoms with van der Waals surface area (Å²) in [5, 5.41) is 5.52. The molecular formula is C35H35F3N2O3. The van der Waals surface area contributed by atoms with Crippen LogP contribution >= 0.6 is 0 Å². The summed E-state index contributed by atoms with van der Waals surface area (Å²) in [7, 11) is 0. The normalized spacial score (nSPS) is 14.3. The lowest BCUT2D eigenvalue weighted by atomic mass is 10.1. The molecule has 0 saturated carbocycles. The number of hydrogen-bond donors (Lipinski definition) is 2. The van der Waals surface area contributed by atoms with E-state index in [9.17, 15) is 22.8 Å². The lowest BCUT2D eigenvalue weighted by Crippen LogP contribution is -2.26. The summed E-state index contributed by atoms with van der Waals surface area (Å²) in [6, 6.07) is 14.2. The van der Waals surface area contributed by atoms with Crippen molar-refractivity contribution in [3.05, 3.63) is 149 Å². The molecule has 0 heterocycles. The van der Waals surface area contributed by atoms with Crippen molar-refractivity contribution in [3.63, 3.8) is 0 Å². The Kier molecular flexibility index (Phi) is 11.7. The Morgan fingerprint density at radius 2 is 1.70 bits per heavy atom. The Bertz CT molecular complexity index is 1520. The van der Waals surface area contributed by atoms with E-state index in [-0.39, 0.29) is 35.1 Å². The summed E-state index contributed by atoms with van der Waals surface area (Å²) in [6.07, 6.45) is 8.95. The lowest BCUT2D eigenvalue weighted by molar-refractivity contribution is -0.138. The van der Waals surface area contributed by atoms with Crippen molar-refractivity contribution in [1.29, 1.82) is 0 Å². The van der Waals surface area contributed by atoms with Gasteiger partial charge in [-0.15, -0.1) is 0 Å². The summed E-state index contributed by atoms with van der Waals surface area (Å²) in [5.41, 5.74) is 1.74. The number of benzene rings is 2. The predicted octanol–water partition coefficient (Wildman–Crippen LogP) is 8.08. The highest BCUT2D eigenvalue weighted by atomic mass is 19.4.